The molecule has 4 N–H and O–H groups in total. The van der Waals surface area contributed by atoms with Crippen molar-refractivity contribution >= 4 is 5.91 Å². The van der Waals surface area contributed by atoms with E-state index in [0.29, 0.717) is 18.7 Å². The largest absolute Gasteiger partial charge is 0.507 e. The van der Waals surface area contributed by atoms with E-state index in [-0.39, 0.29) is 17.1 Å². The summed E-state index contributed by atoms with van der Waals surface area (Å²) in [7, 11) is 0. The number of benzene rings is 1. The van der Waals surface area contributed by atoms with Gasteiger partial charge in [0, 0.05) is 26.2 Å². The van der Waals surface area contributed by atoms with Gasteiger partial charge in [0.25, 0.3) is 5.91 Å². The first-order valence-corrected chi connectivity index (χ1v) is 9.55. The summed E-state index contributed by atoms with van der Waals surface area (Å²) < 4.78 is 0. The van der Waals surface area contributed by atoms with Crippen LogP contribution in [-0.2, 0) is 0 Å². The molecule has 0 aliphatic carbocycles. The van der Waals surface area contributed by atoms with Crippen molar-refractivity contribution in [2.24, 2.45) is 17.1 Å². The molecule has 1 aromatic rings. The van der Waals surface area contributed by atoms with Crippen LogP contribution in [0.1, 0.15) is 58.3 Å². The number of nitrogens with zero attached hydrogens (tertiary/aromatic N) is 1. The molecule has 0 bridgehead atoms. The lowest BCUT2D eigenvalue weighted by Gasteiger charge is -2.26. The Bertz CT molecular complexity index is 507. The van der Waals surface area contributed by atoms with Gasteiger partial charge >= 0.3 is 0 Å². The molecule has 0 aromatic heterocycles. The van der Waals surface area contributed by atoms with Crippen LogP contribution in [0.4, 0.5) is 0 Å². The van der Waals surface area contributed by atoms with Crippen LogP contribution >= 0.6 is 0 Å². The number of hydrogen-bond donors (Lipinski definition) is 3. The number of aromatic hydroxyl groups is 1. The van der Waals surface area contributed by atoms with Gasteiger partial charge in [0.05, 0.1) is 5.56 Å². The van der Waals surface area contributed by atoms with Crippen molar-refractivity contribution in [1.82, 2.24) is 10.2 Å². The van der Waals surface area contributed by atoms with Crippen molar-refractivity contribution < 1.29 is 9.90 Å². The highest BCUT2D eigenvalue weighted by Crippen LogP contribution is 2.18. The average Bonchev–Trinajstić information content (AvgIpc) is 2.51. The fraction of sp³-hybridized carbons (Fsp3) is 0.667. The van der Waals surface area contributed by atoms with E-state index in [1.54, 1.807) is 18.2 Å². The van der Waals surface area contributed by atoms with Gasteiger partial charge in [-0.25, -0.2) is 0 Å². The molecule has 1 aromatic carbocycles. The summed E-state index contributed by atoms with van der Waals surface area (Å²) in [6.07, 6.45) is 1.08. The number of nitrogens with two attached hydrogens (primary N) is 1. The predicted molar refractivity (Wildman–Crippen MR) is 111 cm³/mol. The lowest BCUT2D eigenvalue weighted by atomic mass is 9.92. The second-order valence-electron chi connectivity index (χ2n) is 8.45. The zero-order valence-electron chi connectivity index (χ0n) is 17.5. The maximum absolute atomic E-state index is 12.0. The fourth-order valence-corrected chi connectivity index (χ4v) is 2.10. The van der Waals surface area contributed by atoms with Crippen LogP contribution in [0.25, 0.3) is 0 Å². The minimum atomic E-state index is -0.249. The van der Waals surface area contributed by atoms with Gasteiger partial charge in [0.1, 0.15) is 5.75 Å². The quantitative estimate of drug-likeness (QED) is 0.659. The third kappa shape index (κ3) is 12.7. The Morgan fingerprint density at radius 2 is 1.73 bits per heavy atom. The molecular formula is C21H39N3O2. The summed E-state index contributed by atoms with van der Waals surface area (Å²) in [5, 5.41) is 12.5. The zero-order chi connectivity index (χ0) is 20.2. The second-order valence-corrected chi connectivity index (χ2v) is 8.45. The number of rotatable bonds is 8. The van der Waals surface area contributed by atoms with Gasteiger partial charge in [0.15, 0.2) is 0 Å². The van der Waals surface area contributed by atoms with Crippen LogP contribution in [0.15, 0.2) is 24.3 Å². The number of carbonyl (C=O) groups is 1. The third-order valence-corrected chi connectivity index (χ3v) is 3.49. The lowest BCUT2D eigenvalue weighted by Crippen LogP contribution is -2.38. The molecular weight excluding hydrogens is 326 g/mol. The number of phenolic OH excluding ortho intramolecular Hbond substituents is 1. The van der Waals surface area contributed by atoms with Gasteiger partial charge in [-0.05, 0) is 36.4 Å². The average molecular weight is 366 g/mol. The molecule has 0 saturated carbocycles. The molecule has 1 amide bonds. The Labute approximate surface area is 160 Å². The van der Waals surface area contributed by atoms with E-state index in [0.717, 1.165) is 32.0 Å². The van der Waals surface area contributed by atoms with Crippen molar-refractivity contribution in [3.8, 4) is 5.75 Å². The van der Waals surface area contributed by atoms with E-state index in [1.807, 2.05) is 0 Å². The van der Waals surface area contributed by atoms with Crippen molar-refractivity contribution in [3.63, 3.8) is 0 Å². The summed E-state index contributed by atoms with van der Waals surface area (Å²) in [4.78, 5) is 14.3. The van der Waals surface area contributed by atoms with Crippen molar-refractivity contribution in [2.75, 3.05) is 32.7 Å². The monoisotopic (exact) mass is 365 g/mol. The predicted octanol–water partition coefficient (Wildman–Crippen LogP) is 3.48. The molecule has 1 rings (SSSR count). The maximum atomic E-state index is 12.0. The number of hydrogen-bond acceptors (Lipinski definition) is 4. The molecule has 5 nitrogen and oxygen atoms in total. The number of phenols is 1. The molecule has 0 aliphatic heterocycles. The molecule has 0 unspecified atom stereocenters. The highest BCUT2D eigenvalue weighted by molar-refractivity contribution is 5.96. The van der Waals surface area contributed by atoms with E-state index in [2.05, 4.69) is 51.8 Å². The smallest absolute Gasteiger partial charge is 0.255 e. The Hall–Kier alpha value is -1.59. The zero-order valence-corrected chi connectivity index (χ0v) is 17.5. The highest BCUT2D eigenvalue weighted by Gasteiger charge is 2.14. The SMILES string of the molecule is CC(C)(C)CCN(CCN)CCNC(=O)c1ccccc1O.CC(C)C. The topological polar surface area (TPSA) is 78.6 Å². The summed E-state index contributed by atoms with van der Waals surface area (Å²) in [5.41, 5.74) is 6.24. The molecule has 0 aliphatic rings. The Morgan fingerprint density at radius 3 is 2.23 bits per heavy atom. The molecule has 0 atom stereocenters. The second kappa shape index (κ2) is 12.7. The van der Waals surface area contributed by atoms with Gasteiger partial charge < -0.3 is 21.1 Å². The fourth-order valence-electron chi connectivity index (χ4n) is 2.10. The number of nitrogens with one attached hydrogen (secondary N) is 1. The molecule has 0 saturated heterocycles. The van der Waals surface area contributed by atoms with Crippen molar-refractivity contribution in [1.29, 1.82) is 0 Å². The van der Waals surface area contributed by atoms with Crippen LogP contribution in [0, 0.1) is 11.3 Å². The van der Waals surface area contributed by atoms with E-state index >= 15 is 0 Å². The highest BCUT2D eigenvalue weighted by atomic mass is 16.3. The number of para-hydroxylation sites is 1. The minimum absolute atomic E-state index is 0.00606. The Kier molecular flexibility index (Phi) is 11.9. The Morgan fingerprint density at radius 1 is 1.15 bits per heavy atom. The van der Waals surface area contributed by atoms with Crippen LogP contribution in [-0.4, -0.2) is 48.6 Å². The number of carbonyl (C=O) groups excluding carboxylic acids is 1. The first-order chi connectivity index (χ1) is 12.1. The maximum Gasteiger partial charge on any atom is 0.255 e. The van der Waals surface area contributed by atoms with E-state index in [4.69, 9.17) is 5.73 Å². The van der Waals surface area contributed by atoms with Crippen molar-refractivity contribution in [3.05, 3.63) is 29.8 Å². The molecule has 0 radical (unpaired) electrons. The van der Waals surface area contributed by atoms with Gasteiger partial charge in [-0.3, -0.25) is 4.79 Å². The van der Waals surface area contributed by atoms with E-state index < -0.39 is 0 Å². The molecule has 0 spiro atoms. The lowest BCUT2D eigenvalue weighted by molar-refractivity contribution is 0.0944. The number of amides is 1. The van der Waals surface area contributed by atoms with Gasteiger partial charge in [-0.1, -0.05) is 53.7 Å². The molecule has 0 fully saturated rings. The third-order valence-electron chi connectivity index (χ3n) is 3.49. The minimum Gasteiger partial charge on any atom is -0.507 e. The van der Waals surface area contributed by atoms with Crippen molar-refractivity contribution in [2.45, 2.75) is 48.0 Å². The van der Waals surface area contributed by atoms with Gasteiger partial charge in [-0.15, -0.1) is 0 Å². The van der Waals surface area contributed by atoms with E-state index in [9.17, 15) is 9.90 Å². The summed E-state index contributed by atoms with van der Waals surface area (Å²) >= 11 is 0. The molecule has 0 heterocycles. The first kappa shape index (κ1) is 24.4. The van der Waals surface area contributed by atoms with Gasteiger partial charge in [0.2, 0.25) is 0 Å². The summed E-state index contributed by atoms with van der Waals surface area (Å²) in [6.45, 7) is 16.8. The summed E-state index contributed by atoms with van der Waals surface area (Å²) in [5.74, 6) is 0.591. The van der Waals surface area contributed by atoms with Crippen LogP contribution in [0.2, 0.25) is 0 Å². The van der Waals surface area contributed by atoms with Crippen LogP contribution in [0.5, 0.6) is 5.75 Å². The summed E-state index contributed by atoms with van der Waals surface area (Å²) in [6, 6.07) is 6.56. The normalized spacial score (nSPS) is 11.3. The van der Waals surface area contributed by atoms with E-state index in [1.165, 1.54) is 6.07 Å². The molecule has 150 valence electrons. The molecule has 5 heteroatoms. The standard InChI is InChI=1S/C17H29N3O2.C4H10/c1-17(2,3)8-11-20(12-9-18)13-10-19-16(22)14-6-4-5-7-15(14)21;1-4(2)3/h4-7,21H,8-13,18H2,1-3H3,(H,19,22);4H,1-3H3. The first-order valence-electron chi connectivity index (χ1n) is 9.55. The Balaban J connectivity index is 0.00000141. The van der Waals surface area contributed by atoms with Crippen LogP contribution in [0.3, 0.4) is 0 Å². The van der Waals surface area contributed by atoms with Gasteiger partial charge in [-0.2, -0.15) is 0 Å². The molecule has 26 heavy (non-hydrogen) atoms. The van der Waals surface area contributed by atoms with Crippen LogP contribution < -0.4 is 11.1 Å².